The molecule has 1 aromatic carbocycles. The molecule has 0 spiro atoms. The van der Waals surface area contributed by atoms with Gasteiger partial charge in [-0.25, -0.2) is 0 Å². The normalized spacial score (nSPS) is 10.9. The van der Waals surface area contributed by atoms with E-state index < -0.39 is 0 Å². The van der Waals surface area contributed by atoms with Crippen LogP contribution in [0.2, 0.25) is 0 Å². The number of hydrogen-bond acceptors (Lipinski definition) is 6. The Bertz CT molecular complexity index is 510. The van der Waals surface area contributed by atoms with Crippen molar-refractivity contribution in [3.8, 4) is 17.1 Å². The number of ether oxygens (including phenoxy) is 1. The SMILES string of the molecule is COc1ccc(-c2noc(CN(C)CCN)n2)cc1. The van der Waals surface area contributed by atoms with Gasteiger partial charge in [0.25, 0.3) is 0 Å². The Morgan fingerprint density at radius 3 is 2.68 bits per heavy atom. The molecule has 0 aliphatic rings. The summed E-state index contributed by atoms with van der Waals surface area (Å²) in [6, 6.07) is 7.53. The fourth-order valence-electron chi connectivity index (χ4n) is 1.71. The highest BCUT2D eigenvalue weighted by molar-refractivity contribution is 5.55. The zero-order valence-corrected chi connectivity index (χ0v) is 11.2. The summed E-state index contributed by atoms with van der Waals surface area (Å²) >= 11 is 0. The van der Waals surface area contributed by atoms with Gasteiger partial charge in [-0.15, -0.1) is 0 Å². The third-order valence-corrected chi connectivity index (χ3v) is 2.73. The van der Waals surface area contributed by atoms with Crippen molar-refractivity contribution in [2.24, 2.45) is 5.73 Å². The highest BCUT2D eigenvalue weighted by Crippen LogP contribution is 2.19. The molecule has 1 aromatic heterocycles. The highest BCUT2D eigenvalue weighted by Gasteiger charge is 2.10. The Balaban J connectivity index is 2.07. The van der Waals surface area contributed by atoms with Crippen molar-refractivity contribution in [2.75, 3.05) is 27.2 Å². The van der Waals surface area contributed by atoms with Crippen molar-refractivity contribution in [2.45, 2.75) is 6.54 Å². The van der Waals surface area contributed by atoms with Gasteiger partial charge in [0.05, 0.1) is 13.7 Å². The van der Waals surface area contributed by atoms with Gasteiger partial charge in [-0.1, -0.05) is 5.16 Å². The average Bonchev–Trinajstić information content (AvgIpc) is 2.87. The molecule has 0 amide bonds. The predicted molar refractivity (Wildman–Crippen MR) is 71.7 cm³/mol. The van der Waals surface area contributed by atoms with Crippen LogP contribution in [0, 0.1) is 0 Å². The summed E-state index contributed by atoms with van der Waals surface area (Å²) in [6.07, 6.45) is 0. The third kappa shape index (κ3) is 3.52. The molecule has 0 fully saturated rings. The molecule has 0 saturated carbocycles. The standard InChI is InChI=1S/C13H18N4O2/c1-17(8-7-14)9-12-15-13(16-19-12)10-3-5-11(18-2)6-4-10/h3-6H,7-9,14H2,1-2H3. The van der Waals surface area contributed by atoms with Crippen molar-refractivity contribution in [3.05, 3.63) is 30.2 Å². The topological polar surface area (TPSA) is 77.4 Å². The van der Waals surface area contributed by atoms with Crippen molar-refractivity contribution in [3.63, 3.8) is 0 Å². The Morgan fingerprint density at radius 2 is 2.05 bits per heavy atom. The van der Waals surface area contributed by atoms with Crippen molar-refractivity contribution < 1.29 is 9.26 Å². The number of likely N-dealkylation sites (N-methyl/N-ethyl adjacent to an activating group) is 1. The molecule has 2 aromatic rings. The minimum atomic E-state index is 0.582. The first-order valence-corrected chi connectivity index (χ1v) is 6.08. The zero-order chi connectivity index (χ0) is 13.7. The van der Waals surface area contributed by atoms with Crippen LogP contribution in [0.3, 0.4) is 0 Å². The van der Waals surface area contributed by atoms with Gasteiger partial charge in [0.2, 0.25) is 11.7 Å². The lowest BCUT2D eigenvalue weighted by molar-refractivity contribution is 0.272. The van der Waals surface area contributed by atoms with E-state index in [1.807, 2.05) is 36.2 Å². The molecule has 1 heterocycles. The molecule has 2 rings (SSSR count). The summed E-state index contributed by atoms with van der Waals surface area (Å²) in [7, 11) is 3.60. The van der Waals surface area contributed by atoms with E-state index in [4.69, 9.17) is 15.0 Å². The first-order chi connectivity index (χ1) is 9.22. The highest BCUT2D eigenvalue weighted by atomic mass is 16.5. The molecule has 0 aliphatic carbocycles. The maximum absolute atomic E-state index is 5.49. The molecule has 6 nitrogen and oxygen atoms in total. The summed E-state index contributed by atoms with van der Waals surface area (Å²) < 4.78 is 10.3. The maximum Gasteiger partial charge on any atom is 0.241 e. The molecule has 0 aliphatic heterocycles. The number of methoxy groups -OCH3 is 1. The first-order valence-electron chi connectivity index (χ1n) is 6.08. The van der Waals surface area contributed by atoms with Crippen LogP contribution in [0.4, 0.5) is 0 Å². The number of aromatic nitrogens is 2. The van der Waals surface area contributed by atoms with Gasteiger partial charge in [0, 0.05) is 18.7 Å². The second-order valence-electron chi connectivity index (χ2n) is 4.27. The Labute approximate surface area is 112 Å². The van der Waals surface area contributed by atoms with Gasteiger partial charge >= 0.3 is 0 Å². The largest absolute Gasteiger partial charge is 0.497 e. The molecule has 0 saturated heterocycles. The zero-order valence-electron chi connectivity index (χ0n) is 11.2. The molecule has 2 N–H and O–H groups in total. The van der Waals surface area contributed by atoms with E-state index in [9.17, 15) is 0 Å². The van der Waals surface area contributed by atoms with E-state index in [1.54, 1.807) is 7.11 Å². The van der Waals surface area contributed by atoms with Gasteiger partial charge < -0.3 is 15.0 Å². The van der Waals surface area contributed by atoms with Crippen LogP contribution in [-0.2, 0) is 6.54 Å². The van der Waals surface area contributed by atoms with Gasteiger partial charge in [-0.05, 0) is 31.3 Å². The monoisotopic (exact) mass is 262 g/mol. The van der Waals surface area contributed by atoms with Crippen LogP contribution >= 0.6 is 0 Å². The first kappa shape index (κ1) is 13.5. The molecule has 102 valence electrons. The molecule has 0 bridgehead atoms. The van der Waals surface area contributed by atoms with Crippen LogP contribution in [0.25, 0.3) is 11.4 Å². The van der Waals surface area contributed by atoms with E-state index in [0.29, 0.717) is 24.8 Å². The molecular formula is C13H18N4O2. The lowest BCUT2D eigenvalue weighted by Crippen LogP contribution is -2.25. The van der Waals surface area contributed by atoms with E-state index >= 15 is 0 Å². The van der Waals surface area contributed by atoms with E-state index in [0.717, 1.165) is 17.9 Å². The molecule has 0 atom stereocenters. The van der Waals surface area contributed by atoms with Gasteiger partial charge in [-0.3, -0.25) is 4.90 Å². The van der Waals surface area contributed by atoms with Crippen LogP contribution in [-0.4, -0.2) is 42.3 Å². The van der Waals surface area contributed by atoms with Gasteiger partial charge in [0.1, 0.15) is 5.75 Å². The van der Waals surface area contributed by atoms with Crippen molar-refractivity contribution in [1.29, 1.82) is 0 Å². The minimum Gasteiger partial charge on any atom is -0.497 e. The van der Waals surface area contributed by atoms with Crippen LogP contribution in [0.1, 0.15) is 5.89 Å². The number of hydrogen-bond donors (Lipinski definition) is 1. The summed E-state index contributed by atoms with van der Waals surface area (Å²) in [5.41, 5.74) is 6.39. The summed E-state index contributed by atoms with van der Waals surface area (Å²) in [6.45, 7) is 2.00. The van der Waals surface area contributed by atoms with E-state index in [1.165, 1.54) is 0 Å². The predicted octanol–water partition coefficient (Wildman–Crippen LogP) is 1.14. The van der Waals surface area contributed by atoms with Crippen LogP contribution in [0.15, 0.2) is 28.8 Å². The molecule has 0 unspecified atom stereocenters. The number of benzene rings is 1. The summed E-state index contributed by atoms with van der Waals surface area (Å²) in [5, 5.41) is 3.97. The average molecular weight is 262 g/mol. The molecule has 19 heavy (non-hydrogen) atoms. The fraction of sp³-hybridized carbons (Fsp3) is 0.385. The van der Waals surface area contributed by atoms with Crippen LogP contribution < -0.4 is 10.5 Å². The lowest BCUT2D eigenvalue weighted by Gasteiger charge is -2.11. The second kappa shape index (κ2) is 6.31. The lowest BCUT2D eigenvalue weighted by atomic mass is 10.2. The molecule has 6 heteroatoms. The van der Waals surface area contributed by atoms with Crippen molar-refractivity contribution in [1.82, 2.24) is 15.0 Å². The molecular weight excluding hydrogens is 244 g/mol. The fourth-order valence-corrected chi connectivity index (χ4v) is 1.71. The Kier molecular flexibility index (Phi) is 4.48. The summed E-state index contributed by atoms with van der Waals surface area (Å²) in [4.78, 5) is 6.39. The van der Waals surface area contributed by atoms with Crippen molar-refractivity contribution >= 4 is 0 Å². The smallest absolute Gasteiger partial charge is 0.241 e. The Morgan fingerprint density at radius 1 is 1.32 bits per heavy atom. The van der Waals surface area contributed by atoms with Gasteiger partial charge in [0.15, 0.2) is 0 Å². The van der Waals surface area contributed by atoms with Gasteiger partial charge in [-0.2, -0.15) is 4.98 Å². The maximum atomic E-state index is 5.49. The summed E-state index contributed by atoms with van der Waals surface area (Å²) in [5.74, 6) is 1.97. The minimum absolute atomic E-state index is 0.582. The second-order valence-corrected chi connectivity index (χ2v) is 4.27. The van der Waals surface area contributed by atoms with Crippen LogP contribution in [0.5, 0.6) is 5.75 Å². The quantitative estimate of drug-likeness (QED) is 0.841. The third-order valence-electron chi connectivity index (χ3n) is 2.73. The van der Waals surface area contributed by atoms with E-state index in [-0.39, 0.29) is 0 Å². The number of rotatable bonds is 6. The number of nitrogens with zero attached hydrogens (tertiary/aromatic N) is 3. The van der Waals surface area contributed by atoms with E-state index in [2.05, 4.69) is 10.1 Å². The molecule has 0 radical (unpaired) electrons. The Hall–Kier alpha value is -1.92. The number of nitrogens with two attached hydrogens (primary N) is 1.